The number of anilines is 1. The van der Waals surface area contributed by atoms with Gasteiger partial charge in [-0.15, -0.1) is 11.3 Å². The van der Waals surface area contributed by atoms with Crippen molar-refractivity contribution in [2.24, 2.45) is 0 Å². The van der Waals surface area contributed by atoms with Crippen molar-refractivity contribution in [1.82, 2.24) is 9.47 Å². The normalized spacial score (nSPS) is 18.5. The van der Waals surface area contributed by atoms with Crippen LogP contribution in [-0.2, 0) is 31.0 Å². The highest BCUT2D eigenvalue weighted by Gasteiger charge is 2.35. The van der Waals surface area contributed by atoms with Crippen LogP contribution in [0.5, 0.6) is 0 Å². The van der Waals surface area contributed by atoms with Gasteiger partial charge in [0, 0.05) is 11.4 Å². The van der Waals surface area contributed by atoms with Crippen LogP contribution in [0.3, 0.4) is 0 Å². The molecule has 0 bridgehead atoms. The van der Waals surface area contributed by atoms with E-state index in [4.69, 9.17) is 21.9 Å². The second kappa shape index (κ2) is 11.9. The minimum Gasteiger partial charge on any atom is -0.480 e. The monoisotopic (exact) mass is 643 g/mol. The summed E-state index contributed by atoms with van der Waals surface area (Å²) in [5.74, 6) is -3.74. The molecule has 0 aliphatic carbocycles. The molecule has 1 aromatic heterocycles. The number of para-hydroxylation sites is 1. The predicted molar refractivity (Wildman–Crippen MR) is 156 cm³/mol. The molecule has 2 aromatic rings. The van der Waals surface area contributed by atoms with Gasteiger partial charge in [0.15, 0.2) is 0 Å². The first-order valence-corrected chi connectivity index (χ1v) is 15.9. The number of thioether (sulfide) groups is 2. The molecule has 40 heavy (non-hydrogen) atoms. The number of rotatable bonds is 9. The van der Waals surface area contributed by atoms with Gasteiger partial charge in [-0.2, -0.15) is 8.42 Å². The van der Waals surface area contributed by atoms with Crippen LogP contribution in [0.1, 0.15) is 13.3 Å². The number of nitrogens with zero attached hydrogens (tertiary/aromatic N) is 3. The lowest BCUT2D eigenvalue weighted by molar-refractivity contribution is -0.140. The number of hydrogen-bond acceptors (Lipinski definition) is 11. The first-order chi connectivity index (χ1) is 18.8. The van der Waals surface area contributed by atoms with Crippen molar-refractivity contribution in [3.8, 4) is 0 Å². The molecule has 0 saturated carbocycles. The second-order valence-electron chi connectivity index (χ2n) is 8.53. The predicted octanol–water partition coefficient (Wildman–Crippen LogP) is 0.950. The lowest BCUT2D eigenvalue weighted by Crippen LogP contribution is -2.36. The van der Waals surface area contributed by atoms with Crippen LogP contribution in [0.15, 0.2) is 44.6 Å². The van der Waals surface area contributed by atoms with E-state index >= 15 is 0 Å². The topological polar surface area (TPSA) is 175 Å². The Hall–Kier alpha value is -2.96. The zero-order valence-electron chi connectivity index (χ0n) is 20.6. The SMILES string of the molecule is CC(C=c1sc(=C2SC(=S)N(CC(=O)O)C2=O)n(CC(=O)O)c1=O)=C1Sc2ccccc2N1CCCS(=O)(=O)O. The van der Waals surface area contributed by atoms with Crippen molar-refractivity contribution >= 4 is 96.0 Å². The molecule has 12 nitrogen and oxygen atoms in total. The number of carbonyl (C=O) groups excluding carboxylic acids is 1. The van der Waals surface area contributed by atoms with E-state index < -0.39 is 52.4 Å². The number of allylic oxidation sites excluding steroid dienone is 1. The summed E-state index contributed by atoms with van der Waals surface area (Å²) in [4.78, 5) is 52.6. The number of thiocarbonyl (C=S) groups is 1. The first-order valence-electron chi connectivity index (χ1n) is 11.4. The number of thiazole rings is 1. The van der Waals surface area contributed by atoms with E-state index in [-0.39, 0.29) is 31.4 Å². The molecule has 0 spiro atoms. The van der Waals surface area contributed by atoms with Gasteiger partial charge in [0.25, 0.3) is 21.6 Å². The number of amides is 1. The summed E-state index contributed by atoms with van der Waals surface area (Å²) in [5, 5.41) is 19.2. The molecule has 2 aliphatic heterocycles. The Balaban J connectivity index is 1.83. The number of aliphatic carboxylic acids is 2. The molecule has 1 fully saturated rings. The molecule has 0 atom stereocenters. The molecule has 212 valence electrons. The zero-order chi connectivity index (χ0) is 29.4. The van der Waals surface area contributed by atoms with Gasteiger partial charge in [0.1, 0.15) is 27.0 Å². The number of fused-ring (bicyclic) bond motifs is 1. The summed E-state index contributed by atoms with van der Waals surface area (Å²) in [6.07, 6.45) is 1.71. The molecule has 3 heterocycles. The summed E-state index contributed by atoms with van der Waals surface area (Å²) in [6.45, 7) is 0.622. The Kier molecular flexibility index (Phi) is 8.91. The maximum atomic E-state index is 13.3. The second-order valence-corrected chi connectivity index (χ2v) is 13.8. The van der Waals surface area contributed by atoms with Gasteiger partial charge in [-0.05, 0) is 37.1 Å². The number of carbonyl (C=O) groups is 3. The van der Waals surface area contributed by atoms with Crippen LogP contribution in [0, 0.1) is 0 Å². The van der Waals surface area contributed by atoms with Crippen LogP contribution in [-0.4, -0.2) is 73.7 Å². The van der Waals surface area contributed by atoms with Crippen LogP contribution in [0.2, 0.25) is 0 Å². The first kappa shape index (κ1) is 30.0. The van der Waals surface area contributed by atoms with Crippen LogP contribution in [0.4, 0.5) is 5.69 Å². The van der Waals surface area contributed by atoms with Crippen LogP contribution in [0.25, 0.3) is 11.0 Å². The Labute approximate surface area is 245 Å². The van der Waals surface area contributed by atoms with Gasteiger partial charge < -0.3 is 15.1 Å². The molecule has 1 amide bonds. The molecule has 17 heteroatoms. The van der Waals surface area contributed by atoms with Crippen molar-refractivity contribution in [3.63, 3.8) is 0 Å². The maximum Gasteiger partial charge on any atom is 0.323 e. The van der Waals surface area contributed by atoms with E-state index in [9.17, 15) is 32.7 Å². The summed E-state index contributed by atoms with van der Waals surface area (Å²) >= 11 is 8.24. The van der Waals surface area contributed by atoms with Crippen LogP contribution < -0.4 is 19.7 Å². The van der Waals surface area contributed by atoms with Crippen molar-refractivity contribution in [2.45, 2.75) is 24.8 Å². The van der Waals surface area contributed by atoms with Crippen molar-refractivity contribution in [3.05, 3.63) is 54.4 Å². The Morgan fingerprint density at radius 2 is 1.73 bits per heavy atom. The molecule has 3 N–H and O–H groups in total. The highest BCUT2D eigenvalue weighted by molar-refractivity contribution is 8.30. The number of carboxylic acid groups (broad SMARTS) is 2. The van der Waals surface area contributed by atoms with E-state index in [0.29, 0.717) is 10.6 Å². The van der Waals surface area contributed by atoms with Crippen molar-refractivity contribution < 1.29 is 37.6 Å². The average molecular weight is 644 g/mol. The standard InChI is InChI=1S/C23H21N3O9S5/c1-12(21-24(7-4-8-40(33,34)35)13-5-2-3-6-14(13)37-21)9-15-19(31)25(10-16(27)28)22(38-15)18-20(32)26(11-17(29)30)23(36)39-18/h2-3,5-6,9H,4,7-8,10-11H2,1H3,(H,27,28)(H,29,30)(H,33,34,35). The third-order valence-corrected chi connectivity index (χ3v) is 10.4. The number of benzene rings is 1. The smallest absolute Gasteiger partial charge is 0.323 e. The minimum atomic E-state index is -4.15. The van der Waals surface area contributed by atoms with E-state index in [1.165, 1.54) is 11.8 Å². The minimum absolute atomic E-state index is 0.0189. The van der Waals surface area contributed by atoms with Gasteiger partial charge in [-0.1, -0.05) is 47.9 Å². The van der Waals surface area contributed by atoms with Crippen molar-refractivity contribution in [2.75, 3.05) is 23.7 Å². The van der Waals surface area contributed by atoms with Crippen LogP contribution >= 0.6 is 47.1 Å². The van der Waals surface area contributed by atoms with Gasteiger partial charge in [0.05, 0.1) is 21.0 Å². The van der Waals surface area contributed by atoms with Gasteiger partial charge in [-0.3, -0.25) is 33.2 Å². The fraction of sp³-hybridized carbons (Fsp3) is 0.261. The molecule has 0 unspecified atom stereocenters. The Morgan fingerprint density at radius 3 is 2.38 bits per heavy atom. The highest BCUT2D eigenvalue weighted by atomic mass is 32.2. The molecular weight excluding hydrogens is 623 g/mol. The van der Waals surface area contributed by atoms with E-state index in [2.05, 4.69) is 0 Å². The van der Waals surface area contributed by atoms with Gasteiger partial charge >= 0.3 is 11.9 Å². The van der Waals surface area contributed by atoms with Gasteiger partial charge in [0.2, 0.25) is 0 Å². The number of hydrogen-bond donors (Lipinski definition) is 3. The number of aromatic nitrogens is 1. The zero-order valence-corrected chi connectivity index (χ0v) is 24.7. The fourth-order valence-electron chi connectivity index (χ4n) is 3.98. The van der Waals surface area contributed by atoms with E-state index in [1.807, 2.05) is 29.2 Å². The molecular formula is C23H21N3O9S5. The third-order valence-electron chi connectivity index (χ3n) is 5.61. The highest BCUT2D eigenvalue weighted by Crippen LogP contribution is 2.47. The maximum absolute atomic E-state index is 13.3. The molecule has 4 rings (SSSR count). The lowest BCUT2D eigenvalue weighted by Gasteiger charge is -2.21. The molecule has 1 aromatic carbocycles. The Bertz CT molecular complexity index is 1760. The summed E-state index contributed by atoms with van der Waals surface area (Å²) in [5.41, 5.74) is 0.805. The third kappa shape index (κ3) is 6.50. The lowest BCUT2D eigenvalue weighted by atomic mass is 10.2. The molecule has 2 aliphatic rings. The molecule has 1 saturated heterocycles. The molecule has 0 radical (unpaired) electrons. The Morgan fingerprint density at radius 1 is 1.05 bits per heavy atom. The average Bonchev–Trinajstić information content (AvgIpc) is 3.46. The summed E-state index contributed by atoms with van der Waals surface area (Å²) in [6, 6.07) is 7.44. The van der Waals surface area contributed by atoms with E-state index in [1.54, 1.807) is 13.0 Å². The fourth-order valence-corrected chi connectivity index (χ4v) is 8.18. The van der Waals surface area contributed by atoms with Crippen molar-refractivity contribution in [1.29, 1.82) is 0 Å². The quantitative estimate of drug-likeness (QED) is 0.261. The summed E-state index contributed by atoms with van der Waals surface area (Å²) < 4.78 is 32.8. The summed E-state index contributed by atoms with van der Waals surface area (Å²) in [7, 11) is -4.15. The number of carboxylic acids is 2. The van der Waals surface area contributed by atoms with Gasteiger partial charge in [-0.25, -0.2) is 0 Å². The largest absolute Gasteiger partial charge is 0.480 e. The van der Waals surface area contributed by atoms with E-state index in [0.717, 1.165) is 43.1 Å².